The Balaban J connectivity index is 1.60. The van der Waals surface area contributed by atoms with Gasteiger partial charge in [-0.3, -0.25) is 43.2 Å². The van der Waals surface area contributed by atoms with E-state index in [9.17, 15) is 43.2 Å². The minimum absolute atomic E-state index is 0.0230. The summed E-state index contributed by atoms with van der Waals surface area (Å²) in [5.41, 5.74) is 1.44. The fourth-order valence-electron chi connectivity index (χ4n) is 10.3. The van der Waals surface area contributed by atoms with Gasteiger partial charge in [0.2, 0.25) is 53.2 Å². The van der Waals surface area contributed by atoms with E-state index < -0.39 is 119 Å². The van der Waals surface area contributed by atoms with Crippen molar-refractivity contribution in [3.63, 3.8) is 0 Å². The normalized spacial score (nSPS) is 27.0. The van der Waals surface area contributed by atoms with Crippen LogP contribution in [0, 0.1) is 29.6 Å². The molecule has 75 heavy (non-hydrogen) atoms. The molecule has 0 aromatic heterocycles. The van der Waals surface area contributed by atoms with Crippen LogP contribution in [0.1, 0.15) is 132 Å². The van der Waals surface area contributed by atoms with Crippen LogP contribution in [-0.2, 0) is 56.0 Å². The molecule has 0 saturated carbocycles. The van der Waals surface area contributed by atoms with Crippen molar-refractivity contribution in [2.45, 2.75) is 188 Å². The molecule has 10 atom stereocenters. The van der Waals surface area contributed by atoms with E-state index in [2.05, 4.69) is 37.2 Å². The van der Waals surface area contributed by atoms with Crippen molar-refractivity contribution >= 4 is 53.2 Å². The highest BCUT2D eigenvalue weighted by Gasteiger charge is 2.45. The van der Waals surface area contributed by atoms with Gasteiger partial charge in [0.25, 0.3) is 0 Å². The number of carbonyl (C=O) groups excluding carboxylic acids is 9. The molecule has 3 aliphatic heterocycles. The Bertz CT molecular complexity index is 2290. The Morgan fingerprint density at radius 1 is 0.427 bits per heavy atom. The van der Waals surface area contributed by atoms with Gasteiger partial charge in [0.05, 0.1) is 0 Å². The smallest absolute Gasteiger partial charge is 0.246 e. The van der Waals surface area contributed by atoms with E-state index in [0.717, 1.165) is 5.56 Å². The summed E-state index contributed by atoms with van der Waals surface area (Å²) in [5, 5.41) is 20.3. The molecule has 2 aromatic carbocycles. The van der Waals surface area contributed by atoms with Gasteiger partial charge in [-0.15, -0.1) is 0 Å². The third-order valence-corrected chi connectivity index (χ3v) is 14.5. The van der Waals surface area contributed by atoms with Crippen LogP contribution < -0.4 is 37.2 Å². The fourth-order valence-corrected chi connectivity index (χ4v) is 10.3. The van der Waals surface area contributed by atoms with Crippen molar-refractivity contribution < 1.29 is 43.2 Å². The molecule has 9 amide bonds. The molecule has 0 aliphatic carbocycles. The Kier molecular flexibility index (Phi) is 22.2. The first-order valence-corrected chi connectivity index (χ1v) is 27.4. The van der Waals surface area contributed by atoms with Crippen LogP contribution in [-0.4, -0.2) is 130 Å². The van der Waals surface area contributed by atoms with Crippen molar-refractivity contribution in [2.75, 3.05) is 13.1 Å². The SMILES string of the molecule is CC[C@H](C)[C@@H]1NC(=O)[C@H](C(C)C)NC(=O)[C@H](CC(C)C)NC(=O)[C@H](Cc2ccccc2)NC(=O)[C@H](Cc2ccccc2)NC(=O)[C@@H]2CCCN2C(=O)[C@H]2CCCN2C(=O)[C@H](CC(C)C)NC(=O)[C@H](CC(C)C)NC1=O. The summed E-state index contributed by atoms with van der Waals surface area (Å²) in [4.78, 5) is 134. The van der Waals surface area contributed by atoms with Gasteiger partial charge in [-0.05, 0) is 85.7 Å². The summed E-state index contributed by atoms with van der Waals surface area (Å²) in [6.45, 7) is 19.1. The minimum atomic E-state index is -1.24. The first-order valence-electron chi connectivity index (χ1n) is 27.4. The molecular formula is C57H85N9O9. The molecule has 0 bridgehead atoms. The Morgan fingerprint density at radius 2 is 0.800 bits per heavy atom. The van der Waals surface area contributed by atoms with Crippen LogP contribution in [0.5, 0.6) is 0 Å². The van der Waals surface area contributed by atoms with Crippen molar-refractivity contribution in [2.24, 2.45) is 29.6 Å². The van der Waals surface area contributed by atoms with Crippen molar-refractivity contribution in [1.29, 1.82) is 0 Å². The van der Waals surface area contributed by atoms with E-state index in [1.165, 1.54) is 9.80 Å². The van der Waals surface area contributed by atoms with Crippen LogP contribution in [0.15, 0.2) is 60.7 Å². The van der Waals surface area contributed by atoms with E-state index in [-0.39, 0.29) is 62.9 Å². The molecule has 412 valence electrons. The monoisotopic (exact) mass is 1040 g/mol. The summed E-state index contributed by atoms with van der Waals surface area (Å²) in [6.07, 6.45) is 2.81. The number of hydrogen-bond donors (Lipinski definition) is 7. The van der Waals surface area contributed by atoms with Gasteiger partial charge >= 0.3 is 0 Å². The second-order valence-electron chi connectivity index (χ2n) is 22.6. The molecule has 7 N–H and O–H groups in total. The van der Waals surface area contributed by atoms with E-state index >= 15 is 0 Å². The zero-order valence-corrected chi connectivity index (χ0v) is 45.9. The summed E-state index contributed by atoms with van der Waals surface area (Å²) in [6, 6.07) is 8.19. The molecular weight excluding hydrogens is 955 g/mol. The molecule has 3 aliphatic rings. The zero-order valence-electron chi connectivity index (χ0n) is 45.9. The van der Waals surface area contributed by atoms with Gasteiger partial charge in [-0.2, -0.15) is 0 Å². The number of rotatable bonds is 13. The van der Waals surface area contributed by atoms with Gasteiger partial charge in [-0.25, -0.2) is 0 Å². The van der Waals surface area contributed by atoms with Gasteiger partial charge in [0.15, 0.2) is 0 Å². The third-order valence-electron chi connectivity index (χ3n) is 14.5. The Morgan fingerprint density at radius 3 is 1.28 bits per heavy atom. The highest BCUT2D eigenvalue weighted by Crippen LogP contribution is 2.27. The highest BCUT2D eigenvalue weighted by atomic mass is 16.2. The summed E-state index contributed by atoms with van der Waals surface area (Å²) in [5.74, 6) is -6.43. The molecule has 18 heteroatoms. The summed E-state index contributed by atoms with van der Waals surface area (Å²) < 4.78 is 0. The topological polar surface area (TPSA) is 244 Å². The second-order valence-corrected chi connectivity index (χ2v) is 22.6. The maximum atomic E-state index is 14.7. The number of nitrogens with zero attached hydrogens (tertiary/aromatic N) is 2. The standard InChI is InChI=1S/C57H85N9O9/c1-11-37(10)48-55(73)61-40(28-33(2)3)49(67)62-44(30-35(6)7)56(74)66-27-19-25-46(66)57(75)65-26-18-24-45(65)53(71)60-43(32-39-22-16-13-17-23-39)51(69)59-42(31-38-20-14-12-15-21-38)50(68)58-41(29-34(4)5)52(70)63-47(36(8)9)54(72)64-48/h12-17,20-23,33-37,40-48H,11,18-19,24-32H2,1-10H3,(H,58,68)(H,59,69)(H,60,71)(H,61,73)(H,62,67)(H,63,70)(H,64,72)/t37-,40-,41-,42-,43-,44-,45-,46+,47-,48-/m0/s1. The lowest BCUT2D eigenvalue weighted by Crippen LogP contribution is -2.62. The molecule has 0 radical (unpaired) electrons. The van der Waals surface area contributed by atoms with Crippen LogP contribution >= 0.6 is 0 Å². The molecule has 3 saturated heterocycles. The van der Waals surface area contributed by atoms with Crippen LogP contribution in [0.2, 0.25) is 0 Å². The van der Waals surface area contributed by atoms with Crippen molar-refractivity contribution in [3.8, 4) is 0 Å². The van der Waals surface area contributed by atoms with Crippen molar-refractivity contribution in [3.05, 3.63) is 71.8 Å². The molecule has 3 heterocycles. The molecule has 3 fully saturated rings. The molecule has 18 nitrogen and oxygen atoms in total. The number of fused-ring (bicyclic) bond motifs is 2. The van der Waals surface area contributed by atoms with E-state index in [1.807, 2.05) is 97.0 Å². The van der Waals surface area contributed by atoms with Crippen molar-refractivity contribution in [1.82, 2.24) is 47.0 Å². The first kappa shape index (κ1) is 59.5. The first-order chi connectivity index (χ1) is 35.6. The average molecular weight is 1040 g/mol. The van der Waals surface area contributed by atoms with Gasteiger partial charge < -0.3 is 47.0 Å². The highest BCUT2D eigenvalue weighted by molar-refractivity contribution is 5.99. The van der Waals surface area contributed by atoms with Crippen LogP contribution in [0.3, 0.4) is 0 Å². The van der Waals surface area contributed by atoms with E-state index in [1.54, 1.807) is 32.9 Å². The largest absolute Gasteiger partial charge is 0.343 e. The molecule has 0 spiro atoms. The maximum Gasteiger partial charge on any atom is 0.246 e. The molecule has 5 rings (SSSR count). The van der Waals surface area contributed by atoms with Crippen LogP contribution in [0.25, 0.3) is 0 Å². The Hall–Kier alpha value is -6.33. The minimum Gasteiger partial charge on any atom is -0.343 e. The summed E-state index contributed by atoms with van der Waals surface area (Å²) >= 11 is 0. The summed E-state index contributed by atoms with van der Waals surface area (Å²) in [7, 11) is 0. The average Bonchev–Trinajstić information content (AvgIpc) is 4.07. The molecule has 2 aromatic rings. The van der Waals surface area contributed by atoms with Gasteiger partial charge in [0, 0.05) is 25.9 Å². The predicted octanol–water partition coefficient (Wildman–Crippen LogP) is 3.70. The van der Waals surface area contributed by atoms with E-state index in [0.29, 0.717) is 37.7 Å². The van der Waals surface area contributed by atoms with Crippen LogP contribution in [0.4, 0.5) is 0 Å². The number of nitrogens with one attached hydrogen (secondary N) is 7. The Labute approximate surface area is 444 Å². The van der Waals surface area contributed by atoms with Gasteiger partial charge in [-0.1, -0.05) is 136 Å². The van der Waals surface area contributed by atoms with Gasteiger partial charge in [0.1, 0.15) is 54.4 Å². The lowest BCUT2D eigenvalue weighted by molar-refractivity contribution is -0.148. The molecule has 0 unspecified atom stereocenters. The number of benzene rings is 2. The third kappa shape index (κ3) is 16.8. The quantitative estimate of drug-likeness (QED) is 0.155. The predicted molar refractivity (Wildman–Crippen MR) is 286 cm³/mol. The number of hydrogen-bond acceptors (Lipinski definition) is 9. The zero-order chi connectivity index (χ0) is 55.1. The maximum absolute atomic E-state index is 14.7. The fraction of sp³-hybridized carbons (Fsp3) is 0.632. The lowest BCUT2D eigenvalue weighted by atomic mass is 9.95. The number of amides is 9. The van der Waals surface area contributed by atoms with E-state index in [4.69, 9.17) is 0 Å². The number of carbonyl (C=O) groups is 9. The lowest BCUT2D eigenvalue weighted by Gasteiger charge is -2.34. The second kappa shape index (κ2) is 28.0.